The van der Waals surface area contributed by atoms with Gasteiger partial charge in [-0.1, -0.05) is 44.2 Å². The van der Waals surface area contributed by atoms with Crippen LogP contribution in [-0.4, -0.2) is 60.2 Å². The summed E-state index contributed by atoms with van der Waals surface area (Å²) in [5.74, 6) is -0.508. The summed E-state index contributed by atoms with van der Waals surface area (Å²) in [5.41, 5.74) is 0.566. The summed E-state index contributed by atoms with van der Waals surface area (Å²) in [4.78, 5) is 45.9. The van der Waals surface area contributed by atoms with E-state index in [1.165, 1.54) is 4.90 Å². The molecule has 1 aromatic rings. The minimum absolute atomic E-state index is 0.0868. The number of cyclic esters (lactones) is 1. The molecule has 0 radical (unpaired) electrons. The molecule has 0 unspecified atom stereocenters. The molecule has 0 N–H and O–H groups in total. The fourth-order valence-electron chi connectivity index (χ4n) is 4.93. The fraction of sp³-hybridized carbons (Fsp3) is 0.545. The van der Waals surface area contributed by atoms with Crippen LogP contribution in [0.3, 0.4) is 0 Å². The molecule has 152 valence electrons. The van der Waals surface area contributed by atoms with Crippen LogP contribution in [0.25, 0.3) is 0 Å². The molecule has 29 heavy (non-hydrogen) atoms. The maximum absolute atomic E-state index is 13.4. The number of benzene rings is 1. The summed E-state index contributed by atoms with van der Waals surface area (Å²) in [6, 6.07) is 9.03. The summed E-state index contributed by atoms with van der Waals surface area (Å²) >= 11 is 0. The van der Waals surface area contributed by atoms with Crippen LogP contribution in [0.5, 0.6) is 0 Å². The van der Waals surface area contributed by atoms with E-state index in [1.54, 1.807) is 6.21 Å². The molecule has 3 heterocycles. The van der Waals surface area contributed by atoms with Gasteiger partial charge in [-0.05, 0) is 17.4 Å². The van der Waals surface area contributed by atoms with Crippen molar-refractivity contribution in [3.8, 4) is 0 Å². The Labute approximate surface area is 169 Å². The van der Waals surface area contributed by atoms with Crippen LogP contribution >= 0.6 is 0 Å². The van der Waals surface area contributed by atoms with Crippen molar-refractivity contribution in [3.63, 3.8) is 0 Å². The lowest BCUT2D eigenvalue weighted by Crippen LogP contribution is -2.64. The van der Waals surface area contributed by atoms with Gasteiger partial charge in [-0.25, -0.2) is 9.69 Å². The van der Waals surface area contributed by atoms with E-state index in [1.807, 2.05) is 35.2 Å². The zero-order valence-electron chi connectivity index (χ0n) is 16.7. The average Bonchev–Trinajstić information content (AvgIpc) is 3.01. The molecule has 3 fully saturated rings. The van der Waals surface area contributed by atoms with Gasteiger partial charge in [0.15, 0.2) is 0 Å². The first-order valence-corrected chi connectivity index (χ1v) is 10.2. The monoisotopic (exact) mass is 395 g/mol. The second-order valence-electron chi connectivity index (χ2n) is 9.48. The Morgan fingerprint density at radius 2 is 1.83 bits per heavy atom. The molecule has 1 aromatic carbocycles. The molecular weight excluding hydrogens is 370 g/mol. The third-order valence-electron chi connectivity index (χ3n) is 7.02. The molecule has 2 saturated heterocycles. The zero-order valence-corrected chi connectivity index (χ0v) is 16.7. The number of hydrogen-bond donors (Lipinski definition) is 0. The number of amides is 3. The second-order valence-corrected chi connectivity index (χ2v) is 9.48. The number of nitrogens with zero attached hydrogens (tertiary/aromatic N) is 3. The molecule has 7 nitrogen and oxygen atoms in total. The average molecular weight is 395 g/mol. The zero-order chi connectivity index (χ0) is 20.4. The van der Waals surface area contributed by atoms with Crippen LogP contribution in [-0.2, 0) is 14.3 Å². The molecule has 5 rings (SSSR count). The molecule has 1 spiro atoms. The first-order chi connectivity index (χ1) is 13.8. The van der Waals surface area contributed by atoms with Crippen molar-refractivity contribution in [2.24, 2.45) is 27.7 Å². The number of carbonyl (C=O) groups is 3. The fourth-order valence-corrected chi connectivity index (χ4v) is 4.93. The highest BCUT2D eigenvalue weighted by atomic mass is 16.6. The van der Waals surface area contributed by atoms with E-state index in [-0.39, 0.29) is 29.8 Å². The minimum atomic E-state index is -0.605. The summed E-state index contributed by atoms with van der Waals surface area (Å²) in [6.45, 7) is 5.94. The summed E-state index contributed by atoms with van der Waals surface area (Å²) in [7, 11) is 0. The van der Waals surface area contributed by atoms with Crippen LogP contribution < -0.4 is 0 Å². The Morgan fingerprint density at radius 1 is 1.14 bits per heavy atom. The van der Waals surface area contributed by atoms with Crippen molar-refractivity contribution in [3.05, 3.63) is 35.9 Å². The maximum atomic E-state index is 13.4. The van der Waals surface area contributed by atoms with E-state index in [4.69, 9.17) is 4.74 Å². The third kappa shape index (κ3) is 2.78. The van der Waals surface area contributed by atoms with E-state index in [2.05, 4.69) is 18.8 Å². The highest BCUT2D eigenvalue weighted by Crippen LogP contribution is 2.54. The smallest absolute Gasteiger partial charge is 0.417 e. The topological polar surface area (TPSA) is 79.3 Å². The molecule has 1 saturated carbocycles. The lowest BCUT2D eigenvalue weighted by molar-refractivity contribution is -0.152. The van der Waals surface area contributed by atoms with Crippen LogP contribution in [0, 0.1) is 22.7 Å². The third-order valence-corrected chi connectivity index (χ3v) is 7.02. The first kappa shape index (κ1) is 18.3. The van der Waals surface area contributed by atoms with Gasteiger partial charge < -0.3 is 9.64 Å². The van der Waals surface area contributed by atoms with Gasteiger partial charge in [-0.15, -0.1) is 0 Å². The van der Waals surface area contributed by atoms with Crippen molar-refractivity contribution < 1.29 is 19.1 Å². The van der Waals surface area contributed by atoms with Crippen molar-refractivity contribution in [1.82, 2.24) is 9.80 Å². The summed E-state index contributed by atoms with van der Waals surface area (Å²) in [6.07, 6.45) is 1.98. The van der Waals surface area contributed by atoms with E-state index in [0.29, 0.717) is 19.6 Å². The van der Waals surface area contributed by atoms with E-state index in [9.17, 15) is 14.4 Å². The van der Waals surface area contributed by atoms with Gasteiger partial charge in [0.25, 0.3) is 0 Å². The Hall–Kier alpha value is -2.70. The normalized spacial score (nSPS) is 31.0. The highest BCUT2D eigenvalue weighted by molar-refractivity contribution is 6.03. The molecule has 0 aromatic heterocycles. The van der Waals surface area contributed by atoms with Crippen LogP contribution in [0.4, 0.5) is 4.79 Å². The highest BCUT2D eigenvalue weighted by Gasteiger charge is 2.60. The number of likely N-dealkylation sites (tertiary alicyclic amines) is 1. The molecule has 7 heteroatoms. The van der Waals surface area contributed by atoms with Gasteiger partial charge in [0.1, 0.15) is 12.6 Å². The lowest BCUT2D eigenvalue weighted by atomic mass is 9.70. The van der Waals surface area contributed by atoms with Crippen LogP contribution in [0.15, 0.2) is 35.3 Å². The quantitative estimate of drug-likeness (QED) is 0.787. The number of hydrogen-bond acceptors (Lipinski definition) is 5. The molecule has 3 amide bonds. The predicted octanol–water partition coefficient (Wildman–Crippen LogP) is 2.28. The molecule has 0 bridgehead atoms. The van der Waals surface area contributed by atoms with Crippen LogP contribution in [0.2, 0.25) is 0 Å². The molecule has 1 aliphatic carbocycles. The van der Waals surface area contributed by atoms with E-state index < -0.39 is 23.5 Å². The largest absolute Gasteiger partial charge is 0.446 e. The van der Waals surface area contributed by atoms with Crippen molar-refractivity contribution in [2.45, 2.75) is 26.3 Å². The van der Waals surface area contributed by atoms with Gasteiger partial charge in [0.2, 0.25) is 11.8 Å². The molecule has 4 aliphatic rings. The Kier molecular flexibility index (Phi) is 3.89. The lowest BCUT2D eigenvalue weighted by Gasteiger charge is -2.50. The number of aliphatic imine (C=N–C) groups is 1. The number of rotatable bonds is 3. The van der Waals surface area contributed by atoms with Crippen molar-refractivity contribution in [1.29, 1.82) is 0 Å². The number of imide groups is 1. The van der Waals surface area contributed by atoms with Gasteiger partial charge in [-0.2, -0.15) is 0 Å². The van der Waals surface area contributed by atoms with Crippen LogP contribution in [0.1, 0.15) is 31.9 Å². The van der Waals surface area contributed by atoms with Crippen molar-refractivity contribution in [2.75, 3.05) is 26.2 Å². The predicted molar refractivity (Wildman–Crippen MR) is 105 cm³/mol. The van der Waals surface area contributed by atoms with Crippen molar-refractivity contribution >= 4 is 24.1 Å². The minimum Gasteiger partial charge on any atom is -0.446 e. The number of carbonyl (C=O) groups excluding carboxylic acids is 3. The maximum Gasteiger partial charge on any atom is 0.417 e. The van der Waals surface area contributed by atoms with Gasteiger partial charge in [0.05, 0.1) is 5.92 Å². The Bertz CT molecular complexity index is 904. The molecular formula is C22H25N3O4. The molecule has 3 aliphatic heterocycles. The first-order valence-electron chi connectivity index (χ1n) is 10.2. The Morgan fingerprint density at radius 3 is 2.48 bits per heavy atom. The number of ether oxygens (including phenoxy) is 1. The standard InChI is InChI=1S/C22H25N3O4/c1-21(2)8-15(21)18(26)24-12-22(13-24)11-23-9-16(22)19(27)25-17(10-29-20(25)28)14-6-4-3-5-7-14/h3-7,9,15-17H,8,10-13H2,1-2H3/t15-,16+,17+/m1/s1. The summed E-state index contributed by atoms with van der Waals surface area (Å²) in [5, 5.41) is 0. The van der Waals surface area contributed by atoms with Gasteiger partial charge in [0, 0.05) is 37.2 Å². The summed E-state index contributed by atoms with van der Waals surface area (Å²) < 4.78 is 5.21. The Balaban J connectivity index is 1.32. The van der Waals surface area contributed by atoms with E-state index in [0.717, 1.165) is 12.0 Å². The second kappa shape index (κ2) is 6.15. The van der Waals surface area contributed by atoms with E-state index >= 15 is 0 Å². The van der Waals surface area contributed by atoms with Gasteiger partial charge >= 0.3 is 6.09 Å². The SMILES string of the molecule is CC1(C)C[C@@H]1C(=O)N1CC2(CN=C[C@H]2C(=O)N2C(=O)OC[C@H]2c2ccccc2)C1. The van der Waals surface area contributed by atoms with Gasteiger partial charge in [-0.3, -0.25) is 14.6 Å². The molecule has 3 atom stereocenters.